The Bertz CT molecular complexity index is 588. The summed E-state index contributed by atoms with van der Waals surface area (Å²) in [7, 11) is 1.62. The lowest BCUT2D eigenvalue weighted by molar-refractivity contribution is 0.414. The summed E-state index contributed by atoms with van der Waals surface area (Å²) in [6, 6.07) is 14.3. The van der Waals surface area contributed by atoms with Crippen LogP contribution in [-0.2, 0) is 6.54 Å². The topological polar surface area (TPSA) is 21.3 Å². The third-order valence-electron chi connectivity index (χ3n) is 3.20. The number of benzene rings is 2. The van der Waals surface area contributed by atoms with E-state index in [-0.39, 0.29) is 6.04 Å². The minimum atomic E-state index is 0.256. The summed E-state index contributed by atoms with van der Waals surface area (Å²) in [4.78, 5) is 0. The number of hydrogen-bond donors (Lipinski definition) is 1. The summed E-state index contributed by atoms with van der Waals surface area (Å²) in [6.07, 6.45) is 0. The van der Waals surface area contributed by atoms with E-state index in [2.05, 4.69) is 40.3 Å². The molecule has 0 aliphatic carbocycles. The molecule has 106 valence electrons. The SMILES string of the molecule is COc1ccc(CN[C@H](C)c2ccccc2Br)cc1Cl. The molecule has 0 aliphatic heterocycles. The lowest BCUT2D eigenvalue weighted by Gasteiger charge is -2.16. The van der Waals surface area contributed by atoms with Gasteiger partial charge in [-0.1, -0.05) is 51.8 Å². The van der Waals surface area contributed by atoms with Gasteiger partial charge in [0.1, 0.15) is 5.75 Å². The molecule has 2 aromatic carbocycles. The number of ether oxygens (including phenoxy) is 1. The van der Waals surface area contributed by atoms with Gasteiger partial charge in [0, 0.05) is 17.1 Å². The van der Waals surface area contributed by atoms with Gasteiger partial charge >= 0.3 is 0 Å². The molecule has 0 unspecified atom stereocenters. The van der Waals surface area contributed by atoms with Crippen LogP contribution in [0.15, 0.2) is 46.9 Å². The van der Waals surface area contributed by atoms with Crippen molar-refractivity contribution in [2.45, 2.75) is 19.5 Å². The lowest BCUT2D eigenvalue weighted by atomic mass is 10.1. The second-order valence-corrected chi connectivity index (χ2v) is 5.85. The molecule has 2 aromatic rings. The number of methoxy groups -OCH3 is 1. The number of hydrogen-bond acceptors (Lipinski definition) is 2. The summed E-state index contributed by atoms with van der Waals surface area (Å²) < 4.78 is 6.27. The third kappa shape index (κ3) is 3.75. The first-order chi connectivity index (χ1) is 9.61. The molecule has 0 spiro atoms. The number of rotatable bonds is 5. The molecule has 0 heterocycles. The van der Waals surface area contributed by atoms with Crippen molar-refractivity contribution < 1.29 is 4.74 Å². The molecule has 0 saturated carbocycles. The van der Waals surface area contributed by atoms with Crippen LogP contribution in [0.3, 0.4) is 0 Å². The summed E-state index contributed by atoms with van der Waals surface area (Å²) in [5, 5.41) is 4.13. The molecule has 0 saturated heterocycles. The van der Waals surface area contributed by atoms with E-state index in [0.29, 0.717) is 10.8 Å². The van der Waals surface area contributed by atoms with Crippen LogP contribution < -0.4 is 10.1 Å². The first kappa shape index (κ1) is 15.4. The van der Waals surface area contributed by atoms with Gasteiger partial charge < -0.3 is 10.1 Å². The monoisotopic (exact) mass is 353 g/mol. The fraction of sp³-hybridized carbons (Fsp3) is 0.250. The summed E-state index contributed by atoms with van der Waals surface area (Å²) in [6.45, 7) is 2.90. The molecule has 0 bridgehead atoms. The highest BCUT2D eigenvalue weighted by Crippen LogP contribution is 2.26. The summed E-state index contributed by atoms with van der Waals surface area (Å²) in [5.74, 6) is 0.703. The molecule has 0 fully saturated rings. The van der Waals surface area contributed by atoms with Crippen LogP contribution in [0, 0.1) is 0 Å². The van der Waals surface area contributed by atoms with Crippen LogP contribution in [0.1, 0.15) is 24.1 Å². The fourth-order valence-electron chi connectivity index (χ4n) is 2.03. The third-order valence-corrected chi connectivity index (χ3v) is 4.22. The molecule has 0 aromatic heterocycles. The van der Waals surface area contributed by atoms with E-state index in [1.165, 1.54) is 5.56 Å². The van der Waals surface area contributed by atoms with Crippen molar-refractivity contribution in [3.63, 3.8) is 0 Å². The molecular weight excluding hydrogens is 338 g/mol. The molecule has 0 aliphatic rings. The quantitative estimate of drug-likeness (QED) is 0.819. The largest absolute Gasteiger partial charge is 0.495 e. The highest BCUT2D eigenvalue weighted by molar-refractivity contribution is 9.10. The molecule has 4 heteroatoms. The van der Waals surface area contributed by atoms with Gasteiger partial charge in [-0.05, 0) is 36.2 Å². The van der Waals surface area contributed by atoms with Gasteiger partial charge in [0.2, 0.25) is 0 Å². The average Bonchev–Trinajstić information content (AvgIpc) is 2.45. The van der Waals surface area contributed by atoms with Crippen molar-refractivity contribution in [3.8, 4) is 5.75 Å². The van der Waals surface area contributed by atoms with Gasteiger partial charge in [0.15, 0.2) is 0 Å². The van der Waals surface area contributed by atoms with E-state index in [0.717, 1.165) is 16.6 Å². The zero-order valence-electron chi connectivity index (χ0n) is 11.5. The predicted octanol–water partition coefficient (Wildman–Crippen LogP) is 4.96. The first-order valence-corrected chi connectivity index (χ1v) is 7.59. The van der Waals surface area contributed by atoms with Crippen LogP contribution in [-0.4, -0.2) is 7.11 Å². The number of nitrogens with one attached hydrogen (secondary N) is 1. The van der Waals surface area contributed by atoms with E-state index in [1.54, 1.807) is 7.11 Å². The Labute approximate surface area is 133 Å². The lowest BCUT2D eigenvalue weighted by Crippen LogP contribution is -2.18. The number of halogens is 2. The summed E-state index contributed by atoms with van der Waals surface area (Å²) >= 11 is 9.70. The van der Waals surface area contributed by atoms with Crippen LogP contribution in [0.4, 0.5) is 0 Å². The molecule has 0 amide bonds. The van der Waals surface area contributed by atoms with Gasteiger partial charge in [-0.2, -0.15) is 0 Å². The normalized spacial score (nSPS) is 12.2. The predicted molar refractivity (Wildman–Crippen MR) is 87.4 cm³/mol. The first-order valence-electron chi connectivity index (χ1n) is 6.42. The van der Waals surface area contributed by atoms with E-state index in [4.69, 9.17) is 16.3 Å². The zero-order valence-corrected chi connectivity index (χ0v) is 13.8. The Hall–Kier alpha value is -1.03. The minimum Gasteiger partial charge on any atom is -0.495 e. The van der Waals surface area contributed by atoms with E-state index < -0.39 is 0 Å². The average molecular weight is 355 g/mol. The van der Waals surface area contributed by atoms with Crippen molar-refractivity contribution in [3.05, 3.63) is 63.1 Å². The van der Waals surface area contributed by atoms with E-state index in [9.17, 15) is 0 Å². The maximum Gasteiger partial charge on any atom is 0.137 e. The van der Waals surface area contributed by atoms with Crippen molar-refractivity contribution in [2.75, 3.05) is 7.11 Å². The van der Waals surface area contributed by atoms with Gasteiger partial charge in [0.05, 0.1) is 12.1 Å². The Morgan fingerprint density at radius 3 is 2.65 bits per heavy atom. The second kappa shape index (κ2) is 7.11. The molecule has 1 atom stereocenters. The van der Waals surface area contributed by atoms with Gasteiger partial charge in [-0.25, -0.2) is 0 Å². The van der Waals surface area contributed by atoms with Crippen LogP contribution in [0.2, 0.25) is 5.02 Å². The van der Waals surface area contributed by atoms with Crippen LogP contribution in [0.5, 0.6) is 5.75 Å². The molecule has 2 rings (SSSR count). The standard InChI is InChI=1S/C16H17BrClNO/c1-11(13-5-3-4-6-14(13)17)19-10-12-7-8-16(20-2)15(18)9-12/h3-9,11,19H,10H2,1-2H3/t11-/m1/s1. The van der Waals surface area contributed by atoms with Gasteiger partial charge in [0.25, 0.3) is 0 Å². The molecule has 1 N–H and O–H groups in total. The Morgan fingerprint density at radius 2 is 2.00 bits per heavy atom. The van der Waals surface area contributed by atoms with Crippen molar-refractivity contribution in [1.82, 2.24) is 5.32 Å². The molecule has 2 nitrogen and oxygen atoms in total. The molecule has 20 heavy (non-hydrogen) atoms. The van der Waals surface area contributed by atoms with Crippen LogP contribution >= 0.6 is 27.5 Å². The maximum absolute atomic E-state index is 6.13. The minimum absolute atomic E-state index is 0.256. The van der Waals surface area contributed by atoms with Crippen molar-refractivity contribution in [2.24, 2.45) is 0 Å². The van der Waals surface area contributed by atoms with Crippen molar-refractivity contribution in [1.29, 1.82) is 0 Å². The van der Waals surface area contributed by atoms with E-state index >= 15 is 0 Å². The zero-order chi connectivity index (χ0) is 14.5. The van der Waals surface area contributed by atoms with Crippen LogP contribution in [0.25, 0.3) is 0 Å². The highest BCUT2D eigenvalue weighted by atomic mass is 79.9. The van der Waals surface area contributed by atoms with E-state index in [1.807, 2.05) is 30.3 Å². The second-order valence-electron chi connectivity index (χ2n) is 4.59. The smallest absolute Gasteiger partial charge is 0.137 e. The maximum atomic E-state index is 6.13. The van der Waals surface area contributed by atoms with Gasteiger partial charge in [-0.3, -0.25) is 0 Å². The fourth-order valence-corrected chi connectivity index (χ4v) is 2.94. The Morgan fingerprint density at radius 1 is 1.25 bits per heavy atom. The summed E-state index contributed by atoms with van der Waals surface area (Å²) in [5.41, 5.74) is 2.38. The van der Waals surface area contributed by atoms with Crippen molar-refractivity contribution >= 4 is 27.5 Å². The Kier molecular flexibility index (Phi) is 5.46. The van der Waals surface area contributed by atoms with Gasteiger partial charge in [-0.15, -0.1) is 0 Å². The molecule has 0 radical (unpaired) electrons. The molecular formula is C16H17BrClNO. The Balaban J connectivity index is 2.02. The highest BCUT2D eigenvalue weighted by Gasteiger charge is 2.08.